The lowest BCUT2D eigenvalue weighted by Gasteiger charge is -2.26. The number of ether oxygens (including phenoxy) is 1. The fourth-order valence-corrected chi connectivity index (χ4v) is 3.53. The van der Waals surface area contributed by atoms with Gasteiger partial charge in [-0.1, -0.05) is 12.8 Å². The van der Waals surface area contributed by atoms with Crippen LogP contribution in [0.2, 0.25) is 0 Å². The van der Waals surface area contributed by atoms with Gasteiger partial charge in [-0.05, 0) is 31.0 Å². The Morgan fingerprint density at radius 1 is 1.18 bits per heavy atom. The topological polar surface area (TPSA) is 122 Å². The average Bonchev–Trinajstić information content (AvgIpc) is 2.87. The standard InChI is InChI=1S/C20H22N4O4/c1-28-20(27)18-17(22)14(11-21)12-24(18)16-10-13(19(25)26)6-7-15(16)23-8-4-2-3-5-9-23/h6-7,10,12H,2-5,8-9,22H2,1H3,(H,25,26). The van der Waals surface area contributed by atoms with Gasteiger partial charge in [-0.15, -0.1) is 0 Å². The Bertz CT molecular complexity index is 950. The van der Waals surface area contributed by atoms with E-state index in [1.807, 2.05) is 6.07 Å². The van der Waals surface area contributed by atoms with E-state index >= 15 is 0 Å². The van der Waals surface area contributed by atoms with Gasteiger partial charge in [0, 0.05) is 19.3 Å². The maximum Gasteiger partial charge on any atom is 0.357 e. The number of hydrogen-bond donors (Lipinski definition) is 2. The number of nitrogens with zero attached hydrogens (tertiary/aromatic N) is 3. The first-order valence-electron chi connectivity index (χ1n) is 9.09. The van der Waals surface area contributed by atoms with Crippen LogP contribution in [-0.2, 0) is 4.74 Å². The number of methoxy groups -OCH3 is 1. The Hall–Kier alpha value is -3.47. The molecule has 0 atom stereocenters. The molecule has 146 valence electrons. The summed E-state index contributed by atoms with van der Waals surface area (Å²) in [5, 5.41) is 18.8. The van der Waals surface area contributed by atoms with Crippen LogP contribution >= 0.6 is 0 Å². The van der Waals surface area contributed by atoms with Gasteiger partial charge in [0.05, 0.1) is 35.3 Å². The molecule has 0 amide bonds. The van der Waals surface area contributed by atoms with E-state index in [0.29, 0.717) is 5.69 Å². The maximum atomic E-state index is 12.4. The van der Waals surface area contributed by atoms with Crippen molar-refractivity contribution >= 4 is 23.3 Å². The predicted molar refractivity (Wildman–Crippen MR) is 104 cm³/mol. The minimum Gasteiger partial charge on any atom is -0.478 e. The van der Waals surface area contributed by atoms with E-state index in [9.17, 15) is 20.0 Å². The Morgan fingerprint density at radius 2 is 1.86 bits per heavy atom. The number of esters is 1. The van der Waals surface area contributed by atoms with Gasteiger partial charge < -0.3 is 25.0 Å². The van der Waals surface area contributed by atoms with Crippen molar-refractivity contribution in [3.63, 3.8) is 0 Å². The summed E-state index contributed by atoms with van der Waals surface area (Å²) in [5.74, 6) is -1.77. The van der Waals surface area contributed by atoms with Crippen molar-refractivity contribution in [2.24, 2.45) is 0 Å². The molecule has 1 aliphatic heterocycles. The van der Waals surface area contributed by atoms with Gasteiger partial charge >= 0.3 is 11.9 Å². The zero-order valence-electron chi connectivity index (χ0n) is 15.6. The molecule has 2 heterocycles. The highest BCUT2D eigenvalue weighted by Crippen LogP contribution is 2.33. The van der Waals surface area contributed by atoms with Crippen LogP contribution in [0.25, 0.3) is 5.69 Å². The minimum atomic E-state index is -1.08. The lowest BCUT2D eigenvalue weighted by molar-refractivity contribution is 0.0592. The third-order valence-corrected chi connectivity index (χ3v) is 4.97. The number of benzene rings is 1. The number of nitrogens with two attached hydrogens (primary N) is 1. The smallest absolute Gasteiger partial charge is 0.357 e. The zero-order valence-corrected chi connectivity index (χ0v) is 15.6. The Kier molecular flexibility index (Phi) is 5.54. The fourth-order valence-electron chi connectivity index (χ4n) is 3.53. The second-order valence-electron chi connectivity index (χ2n) is 6.69. The monoisotopic (exact) mass is 382 g/mol. The number of hydrogen-bond acceptors (Lipinski definition) is 6. The van der Waals surface area contributed by atoms with Gasteiger partial charge in [0.15, 0.2) is 5.69 Å². The summed E-state index contributed by atoms with van der Waals surface area (Å²) >= 11 is 0. The number of carboxylic acid groups (broad SMARTS) is 1. The van der Waals surface area contributed by atoms with Crippen molar-refractivity contribution in [1.29, 1.82) is 5.26 Å². The van der Waals surface area contributed by atoms with Gasteiger partial charge in [0.25, 0.3) is 0 Å². The molecule has 1 saturated heterocycles. The summed E-state index contributed by atoms with van der Waals surface area (Å²) in [6, 6.07) is 6.75. The van der Waals surface area contributed by atoms with Gasteiger partial charge in [-0.2, -0.15) is 5.26 Å². The van der Waals surface area contributed by atoms with Gasteiger partial charge in [-0.25, -0.2) is 9.59 Å². The van der Waals surface area contributed by atoms with E-state index in [-0.39, 0.29) is 22.5 Å². The van der Waals surface area contributed by atoms with Crippen LogP contribution in [0.4, 0.5) is 11.4 Å². The van der Waals surface area contributed by atoms with E-state index in [1.54, 1.807) is 12.1 Å². The Morgan fingerprint density at radius 3 is 2.43 bits per heavy atom. The number of aromatic carboxylic acids is 1. The summed E-state index contributed by atoms with van der Waals surface area (Å²) in [5.41, 5.74) is 7.51. The largest absolute Gasteiger partial charge is 0.478 e. The predicted octanol–water partition coefficient (Wildman–Crippen LogP) is 2.80. The number of carboxylic acids is 1. The van der Waals surface area contributed by atoms with Crippen molar-refractivity contribution in [3.8, 4) is 11.8 Å². The summed E-state index contributed by atoms with van der Waals surface area (Å²) in [6.07, 6.45) is 5.79. The quantitative estimate of drug-likeness (QED) is 0.780. The lowest BCUT2D eigenvalue weighted by Crippen LogP contribution is -2.26. The minimum absolute atomic E-state index is 0.0110. The number of aromatic nitrogens is 1. The number of rotatable bonds is 4. The zero-order chi connectivity index (χ0) is 20.3. The summed E-state index contributed by atoms with van der Waals surface area (Å²) in [4.78, 5) is 26.1. The van der Waals surface area contributed by atoms with Gasteiger partial charge in [0.1, 0.15) is 6.07 Å². The van der Waals surface area contributed by atoms with Crippen LogP contribution in [0.1, 0.15) is 52.1 Å². The molecule has 0 aliphatic carbocycles. The van der Waals surface area contributed by atoms with E-state index in [2.05, 4.69) is 4.90 Å². The molecule has 2 aromatic rings. The summed E-state index contributed by atoms with van der Waals surface area (Å²) in [6.45, 7) is 1.66. The molecule has 28 heavy (non-hydrogen) atoms. The molecule has 0 unspecified atom stereocenters. The molecule has 3 rings (SSSR count). The molecular weight excluding hydrogens is 360 g/mol. The second kappa shape index (κ2) is 8.05. The van der Waals surface area contributed by atoms with Crippen LogP contribution < -0.4 is 10.6 Å². The SMILES string of the molecule is COC(=O)c1c(N)c(C#N)cn1-c1cc(C(=O)O)ccc1N1CCCCCC1. The maximum absolute atomic E-state index is 12.4. The first-order chi connectivity index (χ1) is 13.5. The molecule has 1 aliphatic rings. The highest BCUT2D eigenvalue weighted by Gasteiger charge is 2.25. The first kappa shape index (κ1) is 19.3. The van der Waals surface area contributed by atoms with Crippen LogP contribution in [0, 0.1) is 11.3 Å². The molecule has 3 N–H and O–H groups in total. The molecule has 1 fully saturated rings. The van der Waals surface area contributed by atoms with Crippen LogP contribution in [0.5, 0.6) is 0 Å². The third kappa shape index (κ3) is 3.51. The number of carbonyl (C=O) groups is 2. The summed E-state index contributed by atoms with van der Waals surface area (Å²) < 4.78 is 6.31. The molecule has 8 nitrogen and oxygen atoms in total. The second-order valence-corrected chi connectivity index (χ2v) is 6.69. The van der Waals surface area contributed by atoms with E-state index < -0.39 is 11.9 Å². The third-order valence-electron chi connectivity index (χ3n) is 4.97. The van der Waals surface area contributed by atoms with Gasteiger partial charge in [0.2, 0.25) is 0 Å². The number of carbonyl (C=O) groups excluding carboxylic acids is 1. The Balaban J connectivity index is 2.25. The van der Waals surface area contributed by atoms with Crippen molar-refractivity contribution in [3.05, 3.63) is 41.2 Å². The highest BCUT2D eigenvalue weighted by atomic mass is 16.5. The number of nitriles is 1. The van der Waals surface area contributed by atoms with Crippen LogP contribution in [-0.4, -0.2) is 41.8 Å². The average molecular weight is 382 g/mol. The molecule has 0 bridgehead atoms. The summed E-state index contributed by atoms with van der Waals surface area (Å²) in [7, 11) is 1.23. The lowest BCUT2D eigenvalue weighted by atomic mass is 10.1. The number of anilines is 2. The van der Waals surface area contributed by atoms with Crippen molar-refractivity contribution in [2.75, 3.05) is 30.8 Å². The van der Waals surface area contributed by atoms with E-state index in [1.165, 1.54) is 23.9 Å². The van der Waals surface area contributed by atoms with Crippen LogP contribution in [0.15, 0.2) is 24.4 Å². The van der Waals surface area contributed by atoms with Crippen molar-refractivity contribution in [2.45, 2.75) is 25.7 Å². The molecular formula is C20H22N4O4. The molecule has 0 saturated carbocycles. The highest BCUT2D eigenvalue weighted by molar-refractivity contribution is 5.97. The Labute approximate surface area is 162 Å². The van der Waals surface area contributed by atoms with E-state index in [4.69, 9.17) is 10.5 Å². The first-order valence-corrected chi connectivity index (χ1v) is 9.09. The van der Waals surface area contributed by atoms with E-state index in [0.717, 1.165) is 44.5 Å². The van der Waals surface area contributed by atoms with Gasteiger partial charge in [-0.3, -0.25) is 0 Å². The molecule has 0 spiro atoms. The van der Waals surface area contributed by atoms with Crippen molar-refractivity contribution in [1.82, 2.24) is 4.57 Å². The molecule has 0 radical (unpaired) electrons. The molecule has 1 aromatic heterocycles. The van der Waals surface area contributed by atoms with Crippen molar-refractivity contribution < 1.29 is 19.4 Å². The fraction of sp³-hybridized carbons (Fsp3) is 0.350. The molecule has 1 aromatic carbocycles. The van der Waals surface area contributed by atoms with Crippen LogP contribution in [0.3, 0.4) is 0 Å². The number of nitrogen functional groups attached to an aromatic ring is 1. The normalized spacial score (nSPS) is 14.2. The molecule has 8 heteroatoms.